The van der Waals surface area contributed by atoms with E-state index in [1.165, 1.54) is 0 Å². The summed E-state index contributed by atoms with van der Waals surface area (Å²) in [6.45, 7) is 6.23. The Morgan fingerprint density at radius 3 is 2.81 bits per heavy atom. The average Bonchev–Trinajstić information content (AvgIpc) is 2.28. The molecule has 2 amide bonds. The van der Waals surface area contributed by atoms with Gasteiger partial charge >= 0.3 is 11.8 Å². The molecule has 0 saturated carbocycles. The molecule has 4 nitrogen and oxygen atoms in total. The molecular weight excluding hydrogens is 204 g/mol. The first-order valence-corrected chi connectivity index (χ1v) is 6.22. The van der Waals surface area contributed by atoms with E-state index in [4.69, 9.17) is 0 Å². The van der Waals surface area contributed by atoms with Crippen LogP contribution in [-0.2, 0) is 9.59 Å². The maximum atomic E-state index is 11.8. The number of likely N-dealkylation sites (tertiary alicyclic amines) is 1. The van der Waals surface area contributed by atoms with Crippen molar-refractivity contribution >= 4 is 11.8 Å². The van der Waals surface area contributed by atoms with E-state index in [1.54, 1.807) is 4.90 Å². The molecule has 92 valence electrons. The molecule has 1 unspecified atom stereocenters. The first-order chi connectivity index (χ1) is 7.65. The Hall–Kier alpha value is -1.06. The van der Waals surface area contributed by atoms with Crippen molar-refractivity contribution in [1.82, 2.24) is 10.2 Å². The fraction of sp³-hybridized carbons (Fsp3) is 0.833. The summed E-state index contributed by atoms with van der Waals surface area (Å²) < 4.78 is 0. The van der Waals surface area contributed by atoms with Crippen molar-refractivity contribution < 1.29 is 9.59 Å². The molecular formula is C12H22N2O2. The standard InChI is InChI=1S/C12H22N2O2/c1-3-4-7-13-11(15)12(16)14-8-5-6-10(2)9-14/h10H,3-9H2,1-2H3,(H,13,15). The third-order valence-corrected chi connectivity index (χ3v) is 2.95. The lowest BCUT2D eigenvalue weighted by molar-refractivity contribution is -0.146. The van der Waals surface area contributed by atoms with Crippen LogP contribution in [0.5, 0.6) is 0 Å². The minimum Gasteiger partial charge on any atom is -0.348 e. The summed E-state index contributed by atoms with van der Waals surface area (Å²) >= 11 is 0. The van der Waals surface area contributed by atoms with E-state index >= 15 is 0 Å². The molecule has 0 aromatic carbocycles. The molecule has 0 spiro atoms. The molecule has 0 aliphatic carbocycles. The number of hydrogen-bond donors (Lipinski definition) is 1. The number of rotatable bonds is 3. The molecule has 1 N–H and O–H groups in total. The van der Waals surface area contributed by atoms with Crippen molar-refractivity contribution in [2.45, 2.75) is 39.5 Å². The second kappa shape index (κ2) is 6.51. The van der Waals surface area contributed by atoms with Crippen molar-refractivity contribution in [3.63, 3.8) is 0 Å². The molecule has 0 aromatic rings. The van der Waals surface area contributed by atoms with E-state index in [9.17, 15) is 9.59 Å². The summed E-state index contributed by atoms with van der Waals surface area (Å²) in [6.07, 6.45) is 4.11. The molecule has 1 heterocycles. The van der Waals surface area contributed by atoms with Gasteiger partial charge in [0.15, 0.2) is 0 Å². The Morgan fingerprint density at radius 1 is 1.44 bits per heavy atom. The Labute approximate surface area is 97.4 Å². The van der Waals surface area contributed by atoms with E-state index in [2.05, 4.69) is 19.2 Å². The van der Waals surface area contributed by atoms with Crippen LogP contribution in [0.15, 0.2) is 0 Å². The highest BCUT2D eigenvalue weighted by Gasteiger charge is 2.25. The third kappa shape index (κ3) is 3.83. The van der Waals surface area contributed by atoms with Crippen molar-refractivity contribution in [3.05, 3.63) is 0 Å². The maximum absolute atomic E-state index is 11.8. The molecule has 1 rings (SSSR count). The van der Waals surface area contributed by atoms with Gasteiger partial charge in [0.05, 0.1) is 0 Å². The Bertz CT molecular complexity index is 253. The quantitative estimate of drug-likeness (QED) is 0.580. The van der Waals surface area contributed by atoms with Gasteiger partial charge in [0.25, 0.3) is 0 Å². The number of carbonyl (C=O) groups excluding carboxylic acids is 2. The largest absolute Gasteiger partial charge is 0.348 e. The molecule has 1 fully saturated rings. The topological polar surface area (TPSA) is 49.4 Å². The Morgan fingerprint density at radius 2 is 2.19 bits per heavy atom. The highest BCUT2D eigenvalue weighted by molar-refractivity contribution is 6.35. The number of nitrogens with zero attached hydrogens (tertiary/aromatic N) is 1. The second-order valence-corrected chi connectivity index (χ2v) is 4.61. The van der Waals surface area contributed by atoms with Crippen LogP contribution in [0.3, 0.4) is 0 Å². The number of amides is 2. The maximum Gasteiger partial charge on any atom is 0.311 e. The third-order valence-electron chi connectivity index (χ3n) is 2.95. The summed E-state index contributed by atoms with van der Waals surface area (Å²) in [6, 6.07) is 0. The fourth-order valence-corrected chi connectivity index (χ4v) is 1.97. The highest BCUT2D eigenvalue weighted by Crippen LogP contribution is 2.15. The normalized spacial score (nSPS) is 20.6. The molecule has 1 aliphatic heterocycles. The Balaban J connectivity index is 2.34. The van der Waals surface area contributed by atoms with Gasteiger partial charge in [-0.2, -0.15) is 0 Å². The van der Waals surface area contributed by atoms with Gasteiger partial charge in [0.1, 0.15) is 0 Å². The lowest BCUT2D eigenvalue weighted by atomic mass is 10.0. The van der Waals surface area contributed by atoms with Gasteiger partial charge in [-0.3, -0.25) is 9.59 Å². The summed E-state index contributed by atoms with van der Waals surface area (Å²) in [5.41, 5.74) is 0. The molecule has 1 saturated heterocycles. The lowest BCUT2D eigenvalue weighted by Gasteiger charge is -2.30. The summed E-state index contributed by atoms with van der Waals surface area (Å²) in [7, 11) is 0. The van der Waals surface area contributed by atoms with Gasteiger partial charge in [0.2, 0.25) is 0 Å². The number of piperidine rings is 1. The first-order valence-electron chi connectivity index (χ1n) is 6.22. The summed E-state index contributed by atoms with van der Waals surface area (Å²) in [5.74, 6) is -0.286. The minimum atomic E-state index is -0.442. The van der Waals surface area contributed by atoms with Crippen molar-refractivity contribution in [3.8, 4) is 0 Å². The smallest absolute Gasteiger partial charge is 0.311 e. The van der Waals surface area contributed by atoms with E-state index in [-0.39, 0.29) is 5.91 Å². The van der Waals surface area contributed by atoms with Crippen LogP contribution in [-0.4, -0.2) is 36.3 Å². The zero-order valence-corrected chi connectivity index (χ0v) is 10.3. The number of nitrogens with one attached hydrogen (secondary N) is 1. The SMILES string of the molecule is CCCCNC(=O)C(=O)N1CCCC(C)C1. The van der Waals surface area contributed by atoms with Gasteiger partial charge in [-0.15, -0.1) is 0 Å². The van der Waals surface area contributed by atoms with Crippen molar-refractivity contribution in [1.29, 1.82) is 0 Å². The molecule has 0 radical (unpaired) electrons. The van der Waals surface area contributed by atoms with Crippen LogP contribution in [0.4, 0.5) is 0 Å². The van der Waals surface area contributed by atoms with E-state index in [0.29, 0.717) is 12.5 Å². The lowest BCUT2D eigenvalue weighted by Crippen LogP contribution is -2.47. The molecule has 0 aromatic heterocycles. The van der Waals surface area contributed by atoms with Gasteiger partial charge in [-0.05, 0) is 25.2 Å². The number of unbranched alkanes of at least 4 members (excludes halogenated alkanes) is 1. The molecule has 0 bridgehead atoms. The predicted molar refractivity (Wildman–Crippen MR) is 62.9 cm³/mol. The number of hydrogen-bond acceptors (Lipinski definition) is 2. The first kappa shape index (κ1) is 13.0. The van der Waals surface area contributed by atoms with Crippen LogP contribution < -0.4 is 5.32 Å². The Kier molecular flexibility index (Phi) is 5.29. The second-order valence-electron chi connectivity index (χ2n) is 4.61. The van der Waals surface area contributed by atoms with E-state index in [0.717, 1.165) is 38.8 Å². The number of carbonyl (C=O) groups is 2. The van der Waals surface area contributed by atoms with Crippen LogP contribution in [0, 0.1) is 5.92 Å². The average molecular weight is 226 g/mol. The van der Waals surface area contributed by atoms with Gasteiger partial charge in [0, 0.05) is 19.6 Å². The van der Waals surface area contributed by atoms with Crippen molar-refractivity contribution in [2.75, 3.05) is 19.6 Å². The zero-order valence-electron chi connectivity index (χ0n) is 10.3. The summed E-state index contributed by atoms with van der Waals surface area (Å²) in [5, 5.41) is 2.67. The van der Waals surface area contributed by atoms with Crippen LogP contribution in [0.1, 0.15) is 39.5 Å². The fourth-order valence-electron chi connectivity index (χ4n) is 1.97. The highest BCUT2D eigenvalue weighted by atomic mass is 16.2. The van der Waals surface area contributed by atoms with Crippen LogP contribution in [0.2, 0.25) is 0 Å². The van der Waals surface area contributed by atoms with Gasteiger partial charge in [-0.1, -0.05) is 20.3 Å². The molecule has 1 atom stereocenters. The van der Waals surface area contributed by atoms with Gasteiger partial charge < -0.3 is 10.2 Å². The monoisotopic (exact) mass is 226 g/mol. The minimum absolute atomic E-state index is 0.359. The summed E-state index contributed by atoms with van der Waals surface area (Å²) in [4.78, 5) is 24.9. The predicted octanol–water partition coefficient (Wildman–Crippen LogP) is 1.16. The molecule has 1 aliphatic rings. The zero-order chi connectivity index (χ0) is 12.0. The van der Waals surface area contributed by atoms with E-state index < -0.39 is 5.91 Å². The van der Waals surface area contributed by atoms with Crippen LogP contribution >= 0.6 is 0 Å². The van der Waals surface area contributed by atoms with Crippen LogP contribution in [0.25, 0.3) is 0 Å². The van der Waals surface area contributed by atoms with Gasteiger partial charge in [-0.25, -0.2) is 0 Å². The van der Waals surface area contributed by atoms with E-state index in [1.807, 2.05) is 0 Å². The molecule has 4 heteroatoms. The van der Waals surface area contributed by atoms with Crippen molar-refractivity contribution in [2.24, 2.45) is 5.92 Å². The molecule has 16 heavy (non-hydrogen) atoms.